The van der Waals surface area contributed by atoms with Gasteiger partial charge < -0.3 is 8.92 Å². The first-order valence-corrected chi connectivity index (χ1v) is 9.24. The minimum atomic E-state index is -3.57. The smallest absolute Gasteiger partial charge is 0.306 e. The largest absolute Gasteiger partial charge is 0.383 e. The van der Waals surface area contributed by atoms with Crippen molar-refractivity contribution in [1.82, 2.24) is 4.72 Å². The zero-order chi connectivity index (χ0) is 15.9. The maximum absolute atomic E-state index is 11.6. The van der Waals surface area contributed by atoms with E-state index in [1.54, 1.807) is 12.1 Å². The van der Waals surface area contributed by atoms with Gasteiger partial charge in [-0.2, -0.15) is 8.42 Å². The van der Waals surface area contributed by atoms with Gasteiger partial charge in [0.1, 0.15) is 5.75 Å². The first kappa shape index (κ1) is 17.6. The fourth-order valence-electron chi connectivity index (χ4n) is 1.31. The maximum atomic E-state index is 11.6. The molecule has 0 atom stereocenters. The van der Waals surface area contributed by atoms with E-state index in [9.17, 15) is 16.8 Å². The van der Waals surface area contributed by atoms with Crippen LogP contribution in [-0.4, -0.2) is 43.4 Å². The van der Waals surface area contributed by atoms with Crippen LogP contribution in [-0.2, 0) is 24.9 Å². The highest BCUT2D eigenvalue weighted by Gasteiger charge is 2.05. The molecule has 0 saturated heterocycles. The number of methoxy groups -OCH3 is 1. The Hall–Kier alpha value is -1.42. The van der Waals surface area contributed by atoms with Crippen LogP contribution in [0.4, 0.5) is 0 Å². The molecular formula is C12H17NO6S2. The monoisotopic (exact) mass is 335 g/mol. The highest BCUT2D eigenvalue weighted by atomic mass is 32.2. The Morgan fingerprint density at radius 2 is 1.76 bits per heavy atom. The molecule has 0 aliphatic carbocycles. The standard InChI is InChI=1S/C12H17NO6S2/c1-18-9-8-13-21(16,17)10-7-11-3-5-12(6-4-11)19-20(2,14)15/h3-7,10,13H,8-9H2,1-2H3/b10-7+. The summed E-state index contributed by atoms with van der Waals surface area (Å²) in [5.74, 6) is 0.163. The van der Waals surface area contributed by atoms with Gasteiger partial charge >= 0.3 is 10.1 Å². The van der Waals surface area contributed by atoms with E-state index >= 15 is 0 Å². The van der Waals surface area contributed by atoms with Crippen molar-refractivity contribution in [2.45, 2.75) is 0 Å². The molecule has 0 fully saturated rings. The van der Waals surface area contributed by atoms with Crippen molar-refractivity contribution in [3.05, 3.63) is 35.2 Å². The highest BCUT2D eigenvalue weighted by Crippen LogP contribution is 2.15. The van der Waals surface area contributed by atoms with Crippen LogP contribution in [0.5, 0.6) is 5.75 Å². The van der Waals surface area contributed by atoms with Gasteiger partial charge in [0.2, 0.25) is 10.0 Å². The molecule has 1 aromatic carbocycles. The van der Waals surface area contributed by atoms with Gasteiger partial charge in [-0.25, -0.2) is 13.1 Å². The van der Waals surface area contributed by atoms with Crippen molar-refractivity contribution >= 4 is 26.2 Å². The summed E-state index contributed by atoms with van der Waals surface area (Å²) in [6, 6.07) is 5.96. The molecule has 0 radical (unpaired) electrons. The van der Waals surface area contributed by atoms with Crippen LogP contribution < -0.4 is 8.91 Å². The highest BCUT2D eigenvalue weighted by molar-refractivity contribution is 7.92. The van der Waals surface area contributed by atoms with Gasteiger partial charge in [-0.15, -0.1) is 0 Å². The van der Waals surface area contributed by atoms with Crippen LogP contribution in [0.25, 0.3) is 6.08 Å². The Balaban J connectivity index is 2.69. The SMILES string of the molecule is COCCNS(=O)(=O)/C=C/c1ccc(OS(C)(=O)=O)cc1. The van der Waals surface area contributed by atoms with Gasteiger partial charge in [0.05, 0.1) is 12.9 Å². The third-order valence-corrected chi connectivity index (χ3v) is 3.77. The van der Waals surface area contributed by atoms with Gasteiger partial charge in [-0.1, -0.05) is 12.1 Å². The zero-order valence-corrected chi connectivity index (χ0v) is 13.3. The molecule has 0 bridgehead atoms. The molecule has 9 heteroatoms. The fraction of sp³-hybridized carbons (Fsp3) is 0.333. The predicted molar refractivity (Wildman–Crippen MR) is 79.7 cm³/mol. The number of sulfonamides is 1. The van der Waals surface area contributed by atoms with Gasteiger partial charge in [0.25, 0.3) is 0 Å². The topological polar surface area (TPSA) is 98.8 Å². The lowest BCUT2D eigenvalue weighted by Gasteiger charge is -2.03. The summed E-state index contributed by atoms with van der Waals surface area (Å²) >= 11 is 0. The molecule has 118 valence electrons. The molecule has 0 heterocycles. The van der Waals surface area contributed by atoms with Crippen LogP contribution in [0.15, 0.2) is 29.7 Å². The average Bonchev–Trinajstić information content (AvgIpc) is 2.36. The van der Waals surface area contributed by atoms with Crippen LogP contribution in [0.2, 0.25) is 0 Å². The second-order valence-corrected chi connectivity index (χ2v) is 7.32. The average molecular weight is 335 g/mol. The van der Waals surface area contributed by atoms with E-state index in [1.165, 1.54) is 25.3 Å². The zero-order valence-electron chi connectivity index (χ0n) is 11.6. The van der Waals surface area contributed by atoms with Crippen molar-refractivity contribution in [3.8, 4) is 5.75 Å². The summed E-state index contributed by atoms with van der Waals surface area (Å²) < 4.78 is 56.8. The molecule has 0 amide bonds. The van der Waals surface area contributed by atoms with Crippen LogP contribution in [0.3, 0.4) is 0 Å². The molecule has 1 rings (SSSR count). The number of hydrogen-bond donors (Lipinski definition) is 1. The van der Waals surface area contributed by atoms with Crippen molar-refractivity contribution in [1.29, 1.82) is 0 Å². The summed E-state index contributed by atoms with van der Waals surface area (Å²) in [4.78, 5) is 0. The summed E-state index contributed by atoms with van der Waals surface area (Å²) in [5, 5.41) is 1.02. The van der Waals surface area contributed by atoms with E-state index in [2.05, 4.69) is 8.91 Å². The first-order valence-electron chi connectivity index (χ1n) is 5.88. The number of hydrogen-bond acceptors (Lipinski definition) is 6. The summed E-state index contributed by atoms with van der Waals surface area (Å²) in [6.07, 6.45) is 2.33. The molecule has 21 heavy (non-hydrogen) atoms. The lowest BCUT2D eigenvalue weighted by atomic mass is 10.2. The van der Waals surface area contributed by atoms with Gasteiger partial charge in [0, 0.05) is 19.1 Å². The summed E-state index contributed by atoms with van der Waals surface area (Å²) in [6.45, 7) is 0.467. The van der Waals surface area contributed by atoms with E-state index in [1.807, 2.05) is 0 Å². The Morgan fingerprint density at radius 1 is 1.14 bits per heavy atom. The Morgan fingerprint density at radius 3 is 2.29 bits per heavy atom. The quantitative estimate of drug-likeness (QED) is 0.550. The van der Waals surface area contributed by atoms with Crippen molar-refractivity contribution in [3.63, 3.8) is 0 Å². The summed E-state index contributed by atoms with van der Waals surface area (Å²) in [5.41, 5.74) is 0.591. The number of rotatable bonds is 8. The molecule has 0 saturated carbocycles. The molecule has 1 aromatic rings. The molecule has 0 unspecified atom stereocenters. The van der Waals surface area contributed by atoms with Gasteiger partial charge in [-0.3, -0.25) is 0 Å². The molecule has 0 spiro atoms. The van der Waals surface area contributed by atoms with Crippen LogP contribution in [0, 0.1) is 0 Å². The van der Waals surface area contributed by atoms with Gasteiger partial charge in [-0.05, 0) is 23.8 Å². The number of benzene rings is 1. The van der Waals surface area contributed by atoms with Crippen molar-refractivity contribution < 1.29 is 25.8 Å². The molecule has 0 aliphatic heterocycles. The lowest BCUT2D eigenvalue weighted by molar-refractivity contribution is 0.204. The minimum absolute atomic E-state index is 0.163. The van der Waals surface area contributed by atoms with Crippen LogP contribution in [0.1, 0.15) is 5.56 Å². The molecular weight excluding hydrogens is 318 g/mol. The van der Waals surface area contributed by atoms with E-state index in [0.717, 1.165) is 11.7 Å². The second kappa shape index (κ2) is 7.55. The third-order valence-electron chi connectivity index (χ3n) is 2.18. The van der Waals surface area contributed by atoms with Gasteiger partial charge in [0.15, 0.2) is 0 Å². The lowest BCUT2D eigenvalue weighted by Crippen LogP contribution is -2.24. The Kier molecular flexibility index (Phi) is 6.34. The molecule has 0 aromatic heterocycles. The summed E-state index contributed by atoms with van der Waals surface area (Å²) in [7, 11) is -5.63. The van der Waals surface area contributed by atoms with Crippen molar-refractivity contribution in [2.24, 2.45) is 0 Å². The fourth-order valence-corrected chi connectivity index (χ4v) is 2.57. The number of ether oxygens (including phenoxy) is 1. The first-order chi connectivity index (χ1) is 9.72. The van der Waals surface area contributed by atoms with E-state index in [0.29, 0.717) is 5.56 Å². The van der Waals surface area contributed by atoms with Crippen LogP contribution >= 0.6 is 0 Å². The molecule has 7 nitrogen and oxygen atoms in total. The second-order valence-electron chi connectivity index (χ2n) is 4.09. The molecule has 1 N–H and O–H groups in total. The number of nitrogens with one attached hydrogen (secondary N) is 1. The maximum Gasteiger partial charge on any atom is 0.306 e. The minimum Gasteiger partial charge on any atom is -0.383 e. The van der Waals surface area contributed by atoms with E-state index in [-0.39, 0.29) is 18.9 Å². The van der Waals surface area contributed by atoms with Crippen molar-refractivity contribution in [2.75, 3.05) is 26.5 Å². The van der Waals surface area contributed by atoms with E-state index in [4.69, 9.17) is 4.74 Å². The predicted octanol–water partition coefficient (Wildman–Crippen LogP) is 0.561. The normalized spacial score (nSPS) is 12.7. The Labute approximate surface area is 124 Å². The Bertz CT molecular complexity index is 677. The molecule has 0 aliphatic rings. The van der Waals surface area contributed by atoms with E-state index < -0.39 is 20.1 Å². The third kappa shape index (κ3) is 7.81.